The smallest absolute Gasteiger partial charge is 0.343 e. The Kier molecular flexibility index (Phi) is 13.4. The van der Waals surface area contributed by atoms with E-state index in [2.05, 4.69) is 13.8 Å². The minimum absolute atomic E-state index is 0.113. The summed E-state index contributed by atoms with van der Waals surface area (Å²) >= 11 is 0. The maximum atomic E-state index is 14.5. The van der Waals surface area contributed by atoms with Crippen LogP contribution in [0.25, 0.3) is 11.1 Å². The zero-order chi connectivity index (χ0) is 29.5. The van der Waals surface area contributed by atoms with Gasteiger partial charge in [-0.05, 0) is 65.9 Å². The number of rotatable bonds is 17. The fourth-order valence-electron chi connectivity index (χ4n) is 4.26. The Morgan fingerprint density at radius 1 is 0.732 bits per heavy atom. The van der Waals surface area contributed by atoms with E-state index in [1.165, 1.54) is 50.7 Å². The van der Waals surface area contributed by atoms with Crippen molar-refractivity contribution in [2.24, 2.45) is 5.92 Å². The van der Waals surface area contributed by atoms with Crippen LogP contribution in [0.5, 0.6) is 11.5 Å². The van der Waals surface area contributed by atoms with Gasteiger partial charge in [-0.1, -0.05) is 96.4 Å². The second-order valence-corrected chi connectivity index (χ2v) is 10.6. The molecule has 41 heavy (non-hydrogen) atoms. The molecule has 0 saturated carbocycles. The SMILES string of the molecule is CCCCCCCCCCOc1ccc(C(=O)Oc2ccc(-c3ccc(C(=O)OCC(C)CC)cc3)cc2)cc1F. The average Bonchev–Trinajstić information content (AvgIpc) is 3.00. The van der Waals surface area contributed by atoms with Gasteiger partial charge in [-0.25, -0.2) is 14.0 Å². The highest BCUT2D eigenvalue weighted by Crippen LogP contribution is 2.25. The molecule has 0 aliphatic carbocycles. The topological polar surface area (TPSA) is 61.8 Å². The van der Waals surface area contributed by atoms with Gasteiger partial charge in [0, 0.05) is 0 Å². The molecule has 0 N–H and O–H groups in total. The molecule has 0 aliphatic rings. The Hall–Kier alpha value is -3.67. The van der Waals surface area contributed by atoms with Gasteiger partial charge < -0.3 is 14.2 Å². The van der Waals surface area contributed by atoms with Crippen molar-refractivity contribution in [3.63, 3.8) is 0 Å². The summed E-state index contributed by atoms with van der Waals surface area (Å²) in [5.74, 6) is -0.748. The molecule has 220 valence electrons. The van der Waals surface area contributed by atoms with E-state index in [9.17, 15) is 14.0 Å². The summed E-state index contributed by atoms with van der Waals surface area (Å²) in [7, 11) is 0. The van der Waals surface area contributed by atoms with Crippen molar-refractivity contribution in [1.29, 1.82) is 0 Å². The Bertz CT molecular complexity index is 1220. The van der Waals surface area contributed by atoms with Gasteiger partial charge in [0.1, 0.15) is 5.75 Å². The predicted octanol–water partition coefficient (Wildman–Crippen LogP) is 9.43. The van der Waals surface area contributed by atoms with Crippen LogP contribution in [0.3, 0.4) is 0 Å². The lowest BCUT2D eigenvalue weighted by atomic mass is 10.0. The largest absolute Gasteiger partial charge is 0.491 e. The maximum absolute atomic E-state index is 14.5. The molecule has 3 aromatic rings. The van der Waals surface area contributed by atoms with E-state index in [4.69, 9.17) is 14.2 Å². The molecule has 0 radical (unpaired) electrons. The molecule has 1 atom stereocenters. The molecule has 0 aromatic heterocycles. The Morgan fingerprint density at radius 3 is 1.93 bits per heavy atom. The third kappa shape index (κ3) is 10.7. The quantitative estimate of drug-likeness (QED) is 0.0931. The van der Waals surface area contributed by atoms with Crippen LogP contribution in [0.2, 0.25) is 0 Å². The van der Waals surface area contributed by atoms with Crippen molar-refractivity contribution >= 4 is 11.9 Å². The van der Waals surface area contributed by atoms with Crippen LogP contribution < -0.4 is 9.47 Å². The lowest BCUT2D eigenvalue weighted by Crippen LogP contribution is -2.11. The van der Waals surface area contributed by atoms with Crippen LogP contribution in [0, 0.1) is 11.7 Å². The minimum atomic E-state index is -0.647. The first kappa shape index (κ1) is 31.9. The van der Waals surface area contributed by atoms with Crippen LogP contribution in [0.15, 0.2) is 66.7 Å². The number of carbonyl (C=O) groups excluding carboxylic acids is 2. The monoisotopic (exact) mass is 562 g/mol. The molecular weight excluding hydrogens is 519 g/mol. The number of carbonyl (C=O) groups is 2. The van der Waals surface area contributed by atoms with E-state index in [0.29, 0.717) is 30.4 Å². The van der Waals surface area contributed by atoms with Crippen LogP contribution >= 0.6 is 0 Å². The molecular formula is C35H43FO5. The fourth-order valence-corrected chi connectivity index (χ4v) is 4.26. The molecule has 0 fully saturated rings. The van der Waals surface area contributed by atoms with E-state index in [-0.39, 0.29) is 17.3 Å². The van der Waals surface area contributed by atoms with Gasteiger partial charge in [0.05, 0.1) is 24.3 Å². The van der Waals surface area contributed by atoms with Crippen molar-refractivity contribution in [1.82, 2.24) is 0 Å². The van der Waals surface area contributed by atoms with Crippen LogP contribution in [0.4, 0.5) is 4.39 Å². The second kappa shape index (κ2) is 17.2. The maximum Gasteiger partial charge on any atom is 0.343 e. The molecule has 0 bridgehead atoms. The molecule has 0 aliphatic heterocycles. The van der Waals surface area contributed by atoms with Gasteiger partial charge in [-0.3, -0.25) is 0 Å². The summed E-state index contributed by atoms with van der Waals surface area (Å²) < 4.78 is 30.9. The zero-order valence-corrected chi connectivity index (χ0v) is 24.6. The molecule has 6 heteroatoms. The van der Waals surface area contributed by atoms with E-state index in [1.54, 1.807) is 24.3 Å². The number of hydrogen-bond acceptors (Lipinski definition) is 5. The molecule has 0 spiro atoms. The van der Waals surface area contributed by atoms with Gasteiger partial charge in [0.15, 0.2) is 11.6 Å². The van der Waals surface area contributed by atoms with Gasteiger partial charge in [-0.15, -0.1) is 0 Å². The van der Waals surface area contributed by atoms with Crippen molar-refractivity contribution in [3.8, 4) is 22.6 Å². The van der Waals surface area contributed by atoms with Crippen molar-refractivity contribution in [2.45, 2.75) is 78.6 Å². The van der Waals surface area contributed by atoms with Gasteiger partial charge in [0.2, 0.25) is 0 Å². The fraction of sp³-hybridized carbons (Fsp3) is 0.429. The summed E-state index contributed by atoms with van der Waals surface area (Å²) in [6.45, 7) is 7.17. The van der Waals surface area contributed by atoms with E-state index < -0.39 is 11.8 Å². The summed E-state index contributed by atoms with van der Waals surface area (Å²) in [5, 5.41) is 0. The van der Waals surface area contributed by atoms with Crippen LogP contribution in [-0.4, -0.2) is 25.2 Å². The third-order valence-electron chi connectivity index (χ3n) is 7.14. The normalized spacial score (nSPS) is 11.6. The lowest BCUT2D eigenvalue weighted by Gasteiger charge is -2.10. The summed E-state index contributed by atoms with van der Waals surface area (Å²) in [5.41, 5.74) is 2.42. The Labute approximate surface area is 244 Å². The van der Waals surface area contributed by atoms with Gasteiger partial charge in [0.25, 0.3) is 0 Å². The summed E-state index contributed by atoms with van der Waals surface area (Å²) in [6.07, 6.45) is 10.4. The summed E-state index contributed by atoms with van der Waals surface area (Å²) in [6, 6.07) is 18.3. The Morgan fingerprint density at radius 2 is 1.32 bits per heavy atom. The predicted molar refractivity (Wildman–Crippen MR) is 161 cm³/mol. The molecule has 0 heterocycles. The van der Waals surface area contributed by atoms with E-state index in [1.807, 2.05) is 31.2 Å². The molecule has 3 rings (SSSR count). The van der Waals surface area contributed by atoms with Crippen LogP contribution in [0.1, 0.15) is 99.3 Å². The van der Waals surface area contributed by atoms with Crippen LogP contribution in [-0.2, 0) is 4.74 Å². The first-order valence-electron chi connectivity index (χ1n) is 14.9. The standard InChI is InChI=1S/C35H43FO5/c1-4-6-7-8-9-10-11-12-23-39-33-22-19-30(24-32(33)36)35(38)41-31-20-17-28(18-21-31)27-13-15-29(16-14-27)34(37)40-25-26(3)5-2/h13-22,24,26H,4-12,23,25H2,1-3H3. The van der Waals surface area contributed by atoms with Gasteiger partial charge in [-0.2, -0.15) is 0 Å². The highest BCUT2D eigenvalue weighted by Gasteiger charge is 2.14. The van der Waals surface area contributed by atoms with Crippen molar-refractivity contribution < 1.29 is 28.2 Å². The van der Waals surface area contributed by atoms with E-state index in [0.717, 1.165) is 36.5 Å². The second-order valence-electron chi connectivity index (χ2n) is 10.6. The molecule has 1 unspecified atom stereocenters. The molecule has 0 amide bonds. The minimum Gasteiger partial charge on any atom is -0.491 e. The zero-order valence-electron chi connectivity index (χ0n) is 24.6. The van der Waals surface area contributed by atoms with Crippen molar-refractivity contribution in [2.75, 3.05) is 13.2 Å². The first-order valence-corrected chi connectivity index (χ1v) is 14.9. The number of halogens is 1. The molecule has 3 aromatic carbocycles. The Balaban J connectivity index is 1.46. The van der Waals surface area contributed by atoms with E-state index >= 15 is 0 Å². The number of esters is 2. The summed E-state index contributed by atoms with van der Waals surface area (Å²) in [4.78, 5) is 24.8. The molecule has 0 saturated heterocycles. The number of benzene rings is 3. The number of unbranched alkanes of at least 4 members (excludes halogenated alkanes) is 7. The molecule has 5 nitrogen and oxygen atoms in total. The van der Waals surface area contributed by atoms with Crippen molar-refractivity contribution in [3.05, 3.63) is 83.7 Å². The average molecular weight is 563 g/mol. The number of ether oxygens (including phenoxy) is 3. The highest BCUT2D eigenvalue weighted by atomic mass is 19.1. The number of hydrogen-bond donors (Lipinski definition) is 0. The highest BCUT2D eigenvalue weighted by molar-refractivity contribution is 5.91. The first-order chi connectivity index (χ1) is 19.9. The lowest BCUT2D eigenvalue weighted by molar-refractivity contribution is 0.0447. The third-order valence-corrected chi connectivity index (χ3v) is 7.14. The van der Waals surface area contributed by atoms with Gasteiger partial charge >= 0.3 is 11.9 Å².